The largest absolute Gasteiger partial charge is 0.415 e. The molecule has 0 amide bonds. The second kappa shape index (κ2) is 12.7. The Hall–Kier alpha value is -2.66. The van der Waals surface area contributed by atoms with Crippen molar-refractivity contribution in [3.8, 4) is 0 Å². The van der Waals surface area contributed by atoms with Gasteiger partial charge in [0, 0.05) is 53.4 Å². The first-order valence-electron chi connectivity index (χ1n) is 14.4. The number of quaternary nitrogens is 1. The maximum atomic E-state index is 12.5. The molecule has 0 bridgehead atoms. The van der Waals surface area contributed by atoms with Crippen molar-refractivity contribution in [2.24, 2.45) is 0 Å². The quantitative estimate of drug-likeness (QED) is 0.142. The Morgan fingerprint density at radius 2 is 1.84 bits per heavy atom. The molecule has 3 heterocycles. The lowest BCUT2D eigenvalue weighted by molar-refractivity contribution is -0.940. The molecule has 1 aliphatic heterocycles. The molecule has 0 N–H and O–H groups in total. The highest BCUT2D eigenvalue weighted by Gasteiger charge is 2.34. The number of hydrogen-bond acceptors (Lipinski definition) is 3. The normalized spacial score (nSPS) is 17.2. The zero-order valence-electron chi connectivity index (χ0n) is 23.5. The zero-order chi connectivity index (χ0) is 26.3. The van der Waals surface area contributed by atoms with Gasteiger partial charge in [0.15, 0.2) is 0 Å². The standard InChI is InChI=1S/C32H46N3O2/c1-5-6-7-8-9-10-11-12-32(36)37-24-35(4)20-18-31-29(23-35)28-21-25(2)13-16-30(28)34(31)19-17-27-15-14-26(3)33-22-27/h13-16,21-22H,5-12,17-20,23-24H2,1-4H3/q+1. The van der Waals surface area contributed by atoms with Crippen LogP contribution in [0, 0.1) is 13.8 Å². The van der Waals surface area contributed by atoms with Crippen LogP contribution in [0.1, 0.15) is 86.4 Å². The molecule has 1 atom stereocenters. The number of benzene rings is 1. The van der Waals surface area contributed by atoms with Gasteiger partial charge in [-0.3, -0.25) is 14.3 Å². The number of fused-ring (bicyclic) bond motifs is 3. The number of aromatic nitrogens is 2. The number of carbonyl (C=O) groups is 1. The number of carbonyl (C=O) groups excluding carboxylic acids is 1. The molecular formula is C32H46N3O2+. The van der Waals surface area contributed by atoms with Gasteiger partial charge in [0.1, 0.15) is 6.54 Å². The molecule has 0 spiro atoms. The third-order valence-electron chi connectivity index (χ3n) is 7.99. The molecule has 200 valence electrons. The van der Waals surface area contributed by atoms with E-state index in [9.17, 15) is 4.79 Å². The van der Waals surface area contributed by atoms with Crippen LogP contribution in [0.2, 0.25) is 0 Å². The number of likely N-dealkylation sites (N-methyl/N-ethyl adjacent to an activating group) is 1. The lowest BCUT2D eigenvalue weighted by Crippen LogP contribution is -2.49. The molecule has 1 unspecified atom stereocenters. The second-order valence-corrected chi connectivity index (χ2v) is 11.4. The summed E-state index contributed by atoms with van der Waals surface area (Å²) >= 11 is 0. The van der Waals surface area contributed by atoms with E-state index >= 15 is 0 Å². The van der Waals surface area contributed by atoms with E-state index in [0.717, 1.165) is 55.5 Å². The molecule has 0 radical (unpaired) electrons. The van der Waals surface area contributed by atoms with E-state index in [2.05, 4.69) is 60.8 Å². The second-order valence-electron chi connectivity index (χ2n) is 11.4. The Morgan fingerprint density at radius 1 is 1.05 bits per heavy atom. The molecule has 0 aliphatic carbocycles. The van der Waals surface area contributed by atoms with Gasteiger partial charge < -0.3 is 9.30 Å². The van der Waals surface area contributed by atoms with Crippen molar-refractivity contribution in [2.75, 3.05) is 20.3 Å². The predicted octanol–water partition coefficient (Wildman–Crippen LogP) is 7.04. The highest BCUT2D eigenvalue weighted by molar-refractivity contribution is 5.86. The molecule has 1 aliphatic rings. The minimum absolute atomic E-state index is 0.0383. The number of esters is 1. The van der Waals surface area contributed by atoms with Crippen molar-refractivity contribution in [2.45, 2.75) is 98.1 Å². The van der Waals surface area contributed by atoms with Crippen LogP contribution < -0.4 is 0 Å². The van der Waals surface area contributed by atoms with Crippen LogP contribution in [0.3, 0.4) is 0 Å². The van der Waals surface area contributed by atoms with Crippen molar-refractivity contribution >= 4 is 16.9 Å². The number of pyridine rings is 1. The number of nitrogens with zero attached hydrogens (tertiary/aromatic N) is 3. The summed E-state index contributed by atoms with van der Waals surface area (Å²) in [6, 6.07) is 11.1. The van der Waals surface area contributed by atoms with Crippen molar-refractivity contribution in [1.82, 2.24) is 9.55 Å². The van der Waals surface area contributed by atoms with E-state index in [-0.39, 0.29) is 5.97 Å². The smallest absolute Gasteiger partial charge is 0.310 e. The van der Waals surface area contributed by atoms with Gasteiger partial charge in [-0.25, -0.2) is 0 Å². The van der Waals surface area contributed by atoms with Gasteiger partial charge in [-0.1, -0.05) is 63.1 Å². The minimum Gasteiger partial charge on any atom is -0.415 e. The van der Waals surface area contributed by atoms with Crippen LogP contribution in [0.15, 0.2) is 36.5 Å². The summed E-state index contributed by atoms with van der Waals surface area (Å²) in [5.74, 6) is -0.0383. The van der Waals surface area contributed by atoms with E-state index in [1.165, 1.54) is 65.4 Å². The lowest BCUT2D eigenvalue weighted by Gasteiger charge is -2.37. The summed E-state index contributed by atoms with van der Waals surface area (Å²) in [6.45, 7) is 9.75. The number of ether oxygens (including phenoxy) is 1. The van der Waals surface area contributed by atoms with Crippen LogP contribution >= 0.6 is 0 Å². The summed E-state index contributed by atoms with van der Waals surface area (Å²) in [6.07, 6.45) is 13.0. The SMILES string of the molecule is CCCCCCCCCC(=O)OC[N+]1(C)CCc2c(c3cc(C)ccc3n2CCc2ccc(C)nc2)C1. The summed E-state index contributed by atoms with van der Waals surface area (Å²) in [5, 5.41) is 1.36. The van der Waals surface area contributed by atoms with Crippen molar-refractivity contribution in [3.63, 3.8) is 0 Å². The van der Waals surface area contributed by atoms with Crippen molar-refractivity contribution in [3.05, 3.63) is 64.6 Å². The van der Waals surface area contributed by atoms with Crippen LogP contribution in [0.5, 0.6) is 0 Å². The average molecular weight is 505 g/mol. The summed E-state index contributed by atoms with van der Waals surface area (Å²) in [4.78, 5) is 16.9. The Morgan fingerprint density at radius 3 is 2.59 bits per heavy atom. The fourth-order valence-electron chi connectivity index (χ4n) is 5.67. The van der Waals surface area contributed by atoms with E-state index in [4.69, 9.17) is 4.74 Å². The fourth-order valence-corrected chi connectivity index (χ4v) is 5.67. The molecule has 4 rings (SSSR count). The number of aryl methyl sites for hydroxylation is 4. The first kappa shape index (κ1) is 27.4. The van der Waals surface area contributed by atoms with E-state index in [0.29, 0.717) is 13.2 Å². The number of rotatable bonds is 13. The first-order valence-corrected chi connectivity index (χ1v) is 14.4. The monoisotopic (exact) mass is 504 g/mol. The summed E-state index contributed by atoms with van der Waals surface area (Å²) < 4.78 is 9.10. The van der Waals surface area contributed by atoms with E-state index in [1.807, 2.05) is 13.1 Å². The summed E-state index contributed by atoms with van der Waals surface area (Å²) in [5.41, 5.74) is 7.82. The zero-order valence-corrected chi connectivity index (χ0v) is 23.5. The van der Waals surface area contributed by atoms with Crippen LogP contribution in [-0.2, 0) is 35.5 Å². The molecule has 0 saturated carbocycles. The maximum Gasteiger partial charge on any atom is 0.310 e. The molecule has 37 heavy (non-hydrogen) atoms. The topological polar surface area (TPSA) is 44.1 Å². The summed E-state index contributed by atoms with van der Waals surface area (Å²) in [7, 11) is 2.24. The van der Waals surface area contributed by atoms with Gasteiger partial charge in [0.25, 0.3) is 0 Å². The third kappa shape index (κ3) is 7.22. The van der Waals surface area contributed by atoms with Crippen LogP contribution in [-0.4, -0.2) is 40.3 Å². The van der Waals surface area contributed by atoms with Gasteiger partial charge in [-0.15, -0.1) is 0 Å². The van der Waals surface area contributed by atoms with Gasteiger partial charge in [-0.05, 0) is 50.5 Å². The maximum absolute atomic E-state index is 12.5. The molecule has 0 fully saturated rings. The Labute approximate surface area is 223 Å². The van der Waals surface area contributed by atoms with Gasteiger partial charge in [0.05, 0.1) is 13.6 Å². The Balaban J connectivity index is 1.38. The molecular weight excluding hydrogens is 458 g/mol. The highest BCUT2D eigenvalue weighted by atomic mass is 16.5. The van der Waals surface area contributed by atoms with Gasteiger partial charge in [0.2, 0.25) is 6.73 Å². The molecule has 5 nitrogen and oxygen atoms in total. The predicted molar refractivity (Wildman–Crippen MR) is 151 cm³/mol. The first-order chi connectivity index (χ1) is 17.9. The molecule has 1 aromatic carbocycles. The number of hydrogen-bond donors (Lipinski definition) is 0. The average Bonchev–Trinajstić information content (AvgIpc) is 3.18. The molecule has 2 aromatic heterocycles. The third-order valence-corrected chi connectivity index (χ3v) is 7.99. The van der Waals surface area contributed by atoms with E-state index in [1.54, 1.807) is 0 Å². The fraction of sp³-hybridized carbons (Fsp3) is 0.562. The van der Waals surface area contributed by atoms with Crippen LogP contribution in [0.4, 0.5) is 0 Å². The molecule has 3 aromatic rings. The van der Waals surface area contributed by atoms with Crippen molar-refractivity contribution in [1.29, 1.82) is 0 Å². The van der Waals surface area contributed by atoms with Gasteiger partial charge in [-0.2, -0.15) is 0 Å². The Kier molecular flexibility index (Phi) is 9.42. The van der Waals surface area contributed by atoms with Crippen molar-refractivity contribution < 1.29 is 14.0 Å². The Bertz CT molecular complexity index is 1180. The molecule has 0 saturated heterocycles. The minimum atomic E-state index is -0.0383. The van der Waals surface area contributed by atoms with Gasteiger partial charge >= 0.3 is 5.97 Å². The molecule has 5 heteroatoms. The van der Waals surface area contributed by atoms with E-state index < -0.39 is 0 Å². The lowest BCUT2D eigenvalue weighted by atomic mass is 10.0. The highest BCUT2D eigenvalue weighted by Crippen LogP contribution is 2.34. The van der Waals surface area contributed by atoms with Crippen LogP contribution in [0.25, 0.3) is 10.9 Å². The number of unbranched alkanes of at least 4 members (excludes halogenated alkanes) is 6.